The van der Waals surface area contributed by atoms with Gasteiger partial charge in [0, 0.05) is 19.1 Å². The minimum atomic E-state index is 0.0843. The Balaban J connectivity index is 2.63. The van der Waals surface area contributed by atoms with Crippen LogP contribution in [0.15, 0.2) is 0 Å². The van der Waals surface area contributed by atoms with E-state index in [1.165, 1.54) is 0 Å². The number of amides is 1. The Kier molecular flexibility index (Phi) is 4.75. The van der Waals surface area contributed by atoms with Crippen LogP contribution in [0.2, 0.25) is 0 Å². The van der Waals surface area contributed by atoms with E-state index in [1.807, 2.05) is 18.7 Å². The number of nitriles is 1. The van der Waals surface area contributed by atoms with Crippen molar-refractivity contribution in [3.8, 4) is 6.07 Å². The third kappa shape index (κ3) is 2.96. The molecule has 1 rings (SSSR count). The van der Waals surface area contributed by atoms with Crippen LogP contribution in [0.1, 0.15) is 27.2 Å². The molecule has 4 nitrogen and oxygen atoms in total. The number of carbonyl (C=O) groups is 1. The molecule has 0 aliphatic carbocycles. The summed E-state index contributed by atoms with van der Waals surface area (Å²) in [6.45, 7) is 8.35. The molecule has 0 aromatic carbocycles. The maximum atomic E-state index is 12.3. The van der Waals surface area contributed by atoms with Crippen LogP contribution in [0.3, 0.4) is 0 Å². The molecule has 0 spiro atoms. The molecule has 0 radical (unpaired) electrons. The standard InChI is InChI=1S/C12H21N3O/c1-9(2)15(6-4-5-13)12(16)11-8-14-7-10(11)3/h9-11,14H,4,6-8H2,1-3H3/t10-,11-/m1/s1. The summed E-state index contributed by atoms with van der Waals surface area (Å²) in [6, 6.07) is 2.27. The van der Waals surface area contributed by atoms with Crippen molar-refractivity contribution >= 4 is 5.91 Å². The van der Waals surface area contributed by atoms with Gasteiger partial charge in [0.1, 0.15) is 0 Å². The first kappa shape index (κ1) is 13.0. The first-order valence-corrected chi connectivity index (χ1v) is 5.96. The van der Waals surface area contributed by atoms with Crippen LogP contribution >= 0.6 is 0 Å². The van der Waals surface area contributed by atoms with E-state index in [0.29, 0.717) is 18.9 Å². The van der Waals surface area contributed by atoms with E-state index in [4.69, 9.17) is 5.26 Å². The van der Waals surface area contributed by atoms with Gasteiger partial charge in [0.15, 0.2) is 0 Å². The zero-order valence-electron chi connectivity index (χ0n) is 10.4. The van der Waals surface area contributed by atoms with Gasteiger partial charge >= 0.3 is 0 Å². The second kappa shape index (κ2) is 5.86. The van der Waals surface area contributed by atoms with E-state index in [2.05, 4.69) is 18.3 Å². The third-order valence-electron chi connectivity index (χ3n) is 3.21. The fourth-order valence-corrected chi connectivity index (χ4v) is 2.15. The van der Waals surface area contributed by atoms with E-state index in [1.54, 1.807) is 0 Å². The molecule has 90 valence electrons. The summed E-state index contributed by atoms with van der Waals surface area (Å²) >= 11 is 0. The van der Waals surface area contributed by atoms with Crippen molar-refractivity contribution in [1.82, 2.24) is 10.2 Å². The predicted octanol–water partition coefficient (Wildman–Crippen LogP) is 0.993. The van der Waals surface area contributed by atoms with E-state index >= 15 is 0 Å². The molecule has 1 amide bonds. The predicted molar refractivity (Wildman–Crippen MR) is 62.6 cm³/mol. The van der Waals surface area contributed by atoms with Crippen molar-refractivity contribution in [3.63, 3.8) is 0 Å². The molecule has 1 aliphatic rings. The molecule has 0 aromatic rings. The zero-order valence-corrected chi connectivity index (χ0v) is 10.4. The summed E-state index contributed by atoms with van der Waals surface area (Å²) in [7, 11) is 0. The lowest BCUT2D eigenvalue weighted by Gasteiger charge is -2.29. The Morgan fingerprint density at radius 1 is 1.56 bits per heavy atom. The second-order valence-corrected chi connectivity index (χ2v) is 4.78. The quantitative estimate of drug-likeness (QED) is 0.773. The molecule has 16 heavy (non-hydrogen) atoms. The highest BCUT2D eigenvalue weighted by atomic mass is 16.2. The highest BCUT2D eigenvalue weighted by Gasteiger charge is 2.33. The minimum absolute atomic E-state index is 0.0843. The van der Waals surface area contributed by atoms with Gasteiger partial charge < -0.3 is 10.2 Å². The van der Waals surface area contributed by atoms with Gasteiger partial charge in [-0.15, -0.1) is 0 Å². The van der Waals surface area contributed by atoms with Gasteiger partial charge in [-0.2, -0.15) is 5.26 Å². The fourth-order valence-electron chi connectivity index (χ4n) is 2.15. The lowest BCUT2D eigenvalue weighted by molar-refractivity contribution is -0.137. The SMILES string of the molecule is CC(C)N(CCC#N)C(=O)[C@@H]1CNC[C@H]1C. The topological polar surface area (TPSA) is 56.1 Å². The molecule has 0 aromatic heterocycles. The Bertz CT molecular complexity index is 282. The Morgan fingerprint density at radius 2 is 2.25 bits per heavy atom. The summed E-state index contributed by atoms with van der Waals surface area (Å²) in [4.78, 5) is 14.1. The maximum absolute atomic E-state index is 12.3. The summed E-state index contributed by atoms with van der Waals surface area (Å²) in [5.41, 5.74) is 0. The highest BCUT2D eigenvalue weighted by Crippen LogP contribution is 2.19. The van der Waals surface area contributed by atoms with Gasteiger partial charge in [-0.3, -0.25) is 4.79 Å². The van der Waals surface area contributed by atoms with Crippen LogP contribution in [0.4, 0.5) is 0 Å². The first-order valence-electron chi connectivity index (χ1n) is 5.96. The zero-order chi connectivity index (χ0) is 12.1. The van der Waals surface area contributed by atoms with Gasteiger partial charge in [-0.1, -0.05) is 6.92 Å². The molecule has 4 heteroatoms. The van der Waals surface area contributed by atoms with Crippen molar-refractivity contribution in [1.29, 1.82) is 5.26 Å². The van der Waals surface area contributed by atoms with Crippen LogP contribution < -0.4 is 5.32 Å². The van der Waals surface area contributed by atoms with E-state index in [-0.39, 0.29) is 17.9 Å². The van der Waals surface area contributed by atoms with Gasteiger partial charge in [0.2, 0.25) is 5.91 Å². The third-order valence-corrected chi connectivity index (χ3v) is 3.21. The van der Waals surface area contributed by atoms with Crippen LogP contribution in [0, 0.1) is 23.2 Å². The Labute approximate surface area is 97.6 Å². The van der Waals surface area contributed by atoms with Crippen LogP contribution in [0.5, 0.6) is 0 Å². The molecule has 0 bridgehead atoms. The average Bonchev–Trinajstić information content (AvgIpc) is 2.64. The van der Waals surface area contributed by atoms with E-state index in [0.717, 1.165) is 13.1 Å². The van der Waals surface area contributed by atoms with Crippen LogP contribution in [-0.4, -0.2) is 36.5 Å². The molecular weight excluding hydrogens is 202 g/mol. The molecule has 1 N–H and O–H groups in total. The molecule has 2 atom stereocenters. The van der Waals surface area contributed by atoms with E-state index in [9.17, 15) is 4.79 Å². The minimum Gasteiger partial charge on any atom is -0.339 e. The van der Waals surface area contributed by atoms with Crippen molar-refractivity contribution in [2.45, 2.75) is 33.2 Å². The first-order chi connectivity index (χ1) is 7.57. The van der Waals surface area contributed by atoms with E-state index < -0.39 is 0 Å². The number of nitrogens with one attached hydrogen (secondary N) is 1. The Hall–Kier alpha value is -1.08. The normalized spacial score (nSPS) is 24.4. The largest absolute Gasteiger partial charge is 0.339 e. The molecule has 0 unspecified atom stereocenters. The number of nitrogens with zero attached hydrogens (tertiary/aromatic N) is 2. The highest BCUT2D eigenvalue weighted by molar-refractivity contribution is 5.80. The van der Waals surface area contributed by atoms with Crippen LogP contribution in [-0.2, 0) is 4.79 Å². The smallest absolute Gasteiger partial charge is 0.227 e. The number of carbonyl (C=O) groups excluding carboxylic acids is 1. The molecule has 0 saturated carbocycles. The monoisotopic (exact) mass is 223 g/mol. The fraction of sp³-hybridized carbons (Fsp3) is 0.833. The van der Waals surface area contributed by atoms with Gasteiger partial charge in [-0.05, 0) is 26.3 Å². The second-order valence-electron chi connectivity index (χ2n) is 4.78. The summed E-state index contributed by atoms with van der Waals surface area (Å²) in [6.07, 6.45) is 0.415. The number of hydrogen-bond donors (Lipinski definition) is 1. The molecule has 1 fully saturated rings. The van der Waals surface area contributed by atoms with Crippen molar-refractivity contribution in [2.24, 2.45) is 11.8 Å². The molecular formula is C12H21N3O. The molecule has 1 saturated heterocycles. The molecule has 1 aliphatic heterocycles. The van der Waals surface area contributed by atoms with Gasteiger partial charge in [0.05, 0.1) is 18.4 Å². The lowest BCUT2D eigenvalue weighted by Crippen LogP contribution is -2.43. The number of rotatable bonds is 4. The van der Waals surface area contributed by atoms with Gasteiger partial charge in [-0.25, -0.2) is 0 Å². The van der Waals surface area contributed by atoms with Crippen molar-refractivity contribution < 1.29 is 4.79 Å². The summed E-state index contributed by atoms with van der Waals surface area (Å²) in [5.74, 6) is 0.680. The van der Waals surface area contributed by atoms with Crippen LogP contribution in [0.25, 0.3) is 0 Å². The summed E-state index contributed by atoms with van der Waals surface area (Å²) < 4.78 is 0. The Morgan fingerprint density at radius 3 is 2.69 bits per heavy atom. The van der Waals surface area contributed by atoms with Crippen molar-refractivity contribution in [2.75, 3.05) is 19.6 Å². The maximum Gasteiger partial charge on any atom is 0.227 e. The average molecular weight is 223 g/mol. The van der Waals surface area contributed by atoms with Crippen molar-refractivity contribution in [3.05, 3.63) is 0 Å². The number of hydrogen-bond acceptors (Lipinski definition) is 3. The molecule has 1 heterocycles. The van der Waals surface area contributed by atoms with Gasteiger partial charge in [0.25, 0.3) is 0 Å². The lowest BCUT2D eigenvalue weighted by atomic mass is 9.96. The summed E-state index contributed by atoms with van der Waals surface area (Å²) in [5, 5.41) is 11.8.